The molecule has 1 aliphatic carbocycles. The second-order valence-corrected chi connectivity index (χ2v) is 10.9. The highest BCUT2D eigenvalue weighted by Gasteiger charge is 2.26. The molecule has 35 heavy (non-hydrogen) atoms. The Hall–Kier alpha value is -2.75. The van der Waals surface area contributed by atoms with E-state index in [1.54, 1.807) is 52.1 Å². The number of Topliss-reactive ketones (excluding diaryl/α,β-unsaturated/α-hetero) is 1. The molecular formula is C25H37N5O4S. The van der Waals surface area contributed by atoms with Crippen molar-refractivity contribution in [3.8, 4) is 5.88 Å². The highest BCUT2D eigenvalue weighted by atomic mass is 32.1. The quantitative estimate of drug-likeness (QED) is 0.401. The lowest BCUT2D eigenvalue weighted by atomic mass is 9.85. The van der Waals surface area contributed by atoms with Gasteiger partial charge in [0, 0.05) is 37.0 Å². The van der Waals surface area contributed by atoms with Crippen LogP contribution in [0, 0.1) is 0 Å². The van der Waals surface area contributed by atoms with Crippen molar-refractivity contribution >= 4 is 34.2 Å². The van der Waals surface area contributed by atoms with E-state index in [0.717, 1.165) is 5.13 Å². The average molecular weight is 504 g/mol. The molecule has 0 aromatic carbocycles. The lowest BCUT2D eigenvalue weighted by molar-refractivity contribution is -0.123. The van der Waals surface area contributed by atoms with E-state index in [9.17, 15) is 9.59 Å². The molecule has 0 saturated heterocycles. The Morgan fingerprint density at radius 2 is 2.03 bits per heavy atom. The molecule has 9 nitrogen and oxygen atoms in total. The summed E-state index contributed by atoms with van der Waals surface area (Å²) in [6.07, 6.45) is 6.69. The van der Waals surface area contributed by atoms with E-state index < -0.39 is 17.7 Å². The van der Waals surface area contributed by atoms with Gasteiger partial charge >= 0.3 is 6.09 Å². The minimum absolute atomic E-state index is 0.0488. The van der Waals surface area contributed by atoms with Crippen molar-refractivity contribution in [2.45, 2.75) is 90.7 Å². The molecule has 1 N–H and O–H groups in total. The maximum absolute atomic E-state index is 12.6. The lowest BCUT2D eigenvalue weighted by Gasteiger charge is -2.28. The number of thiazole rings is 1. The molecule has 0 spiro atoms. The fourth-order valence-corrected chi connectivity index (χ4v) is 4.44. The fraction of sp³-hybridized carbons (Fsp3) is 0.640. The molecule has 1 fully saturated rings. The summed E-state index contributed by atoms with van der Waals surface area (Å²) in [5.74, 6) is 2.37. The van der Waals surface area contributed by atoms with E-state index >= 15 is 0 Å². The van der Waals surface area contributed by atoms with Gasteiger partial charge in [0.2, 0.25) is 5.88 Å². The van der Waals surface area contributed by atoms with Crippen LogP contribution in [0.15, 0.2) is 12.3 Å². The topological polar surface area (TPSA) is 107 Å². The summed E-state index contributed by atoms with van der Waals surface area (Å²) in [6.45, 7) is 9.41. The maximum atomic E-state index is 12.6. The summed E-state index contributed by atoms with van der Waals surface area (Å²) in [7, 11) is 1.58. The van der Waals surface area contributed by atoms with Crippen molar-refractivity contribution in [3.63, 3.8) is 0 Å². The van der Waals surface area contributed by atoms with Gasteiger partial charge in [-0.15, -0.1) is 11.3 Å². The summed E-state index contributed by atoms with van der Waals surface area (Å²) in [6, 6.07) is 1.18. The predicted molar refractivity (Wildman–Crippen MR) is 137 cm³/mol. The average Bonchev–Trinajstić information content (AvgIpc) is 3.20. The van der Waals surface area contributed by atoms with E-state index in [4.69, 9.17) is 9.47 Å². The first-order valence-corrected chi connectivity index (χ1v) is 13.1. The van der Waals surface area contributed by atoms with Crippen LogP contribution < -0.4 is 10.1 Å². The molecule has 0 radical (unpaired) electrons. The standard InChI is InChI=1S/C25H37N5O4S/c1-7-20-27-21(29-23-26-15-19(35-23)17-10-8-11-17)14-22(28-20)33-13-9-12-18(31)16(2)30(6)24(32)34-25(3,4)5/h14-17H,7-13H2,1-6H3,(H,26,27,28,29)/t16-/m0/s1. The molecule has 3 rings (SSSR count). The number of carbonyl (C=O) groups excluding carboxylic acids is 2. The van der Waals surface area contributed by atoms with Crippen molar-refractivity contribution in [3.05, 3.63) is 23.0 Å². The van der Waals surface area contributed by atoms with Crippen LogP contribution in [0.25, 0.3) is 0 Å². The first-order valence-electron chi connectivity index (χ1n) is 12.3. The molecule has 0 aliphatic heterocycles. The third kappa shape index (κ3) is 7.88. The second-order valence-electron chi connectivity index (χ2n) is 9.87. The van der Waals surface area contributed by atoms with Gasteiger partial charge in [-0.3, -0.25) is 4.79 Å². The van der Waals surface area contributed by atoms with E-state index in [1.165, 1.54) is 29.0 Å². The summed E-state index contributed by atoms with van der Waals surface area (Å²) < 4.78 is 11.2. The maximum Gasteiger partial charge on any atom is 0.410 e. The first-order chi connectivity index (χ1) is 16.6. The van der Waals surface area contributed by atoms with E-state index in [1.807, 2.05) is 13.1 Å². The first kappa shape index (κ1) is 26.8. The van der Waals surface area contributed by atoms with Crippen LogP contribution in [0.1, 0.15) is 83.3 Å². The highest BCUT2D eigenvalue weighted by molar-refractivity contribution is 7.15. The van der Waals surface area contributed by atoms with Crippen molar-refractivity contribution in [2.24, 2.45) is 0 Å². The largest absolute Gasteiger partial charge is 0.478 e. The smallest absolute Gasteiger partial charge is 0.410 e. The molecule has 10 heteroatoms. The Labute approximate surface area is 211 Å². The summed E-state index contributed by atoms with van der Waals surface area (Å²) >= 11 is 1.67. The molecule has 1 amide bonds. The normalized spacial score (nSPS) is 14.7. The number of hydrogen-bond donors (Lipinski definition) is 1. The molecule has 192 valence electrons. The Morgan fingerprint density at radius 3 is 2.66 bits per heavy atom. The summed E-state index contributed by atoms with van der Waals surface area (Å²) in [4.78, 5) is 40.9. The fourth-order valence-electron chi connectivity index (χ4n) is 3.44. The Balaban J connectivity index is 1.49. The van der Waals surface area contributed by atoms with Gasteiger partial charge in [-0.2, -0.15) is 4.98 Å². The van der Waals surface area contributed by atoms with Crippen LogP contribution in [0.2, 0.25) is 0 Å². The molecule has 2 heterocycles. The number of amides is 1. The zero-order valence-electron chi connectivity index (χ0n) is 21.6. The van der Waals surface area contributed by atoms with Crippen molar-refractivity contribution < 1.29 is 19.1 Å². The summed E-state index contributed by atoms with van der Waals surface area (Å²) in [5.41, 5.74) is -0.608. The minimum atomic E-state index is -0.608. The van der Waals surface area contributed by atoms with Crippen molar-refractivity contribution in [2.75, 3.05) is 19.0 Å². The number of hydrogen-bond acceptors (Lipinski definition) is 9. The van der Waals surface area contributed by atoms with E-state index in [0.29, 0.717) is 42.9 Å². The molecule has 1 saturated carbocycles. The SMILES string of the molecule is CCc1nc(Nc2ncc(C3CCC3)s2)cc(OCCCC(=O)[C@H](C)N(C)C(=O)OC(C)(C)C)n1. The summed E-state index contributed by atoms with van der Waals surface area (Å²) in [5, 5.41) is 4.09. The van der Waals surface area contributed by atoms with E-state index in [-0.39, 0.29) is 12.2 Å². The number of nitrogens with one attached hydrogen (secondary N) is 1. The van der Waals surface area contributed by atoms with Gasteiger partial charge < -0.3 is 19.7 Å². The van der Waals surface area contributed by atoms with Gasteiger partial charge in [-0.1, -0.05) is 13.3 Å². The number of aryl methyl sites for hydroxylation is 1. The number of anilines is 2. The Bertz CT molecular complexity index is 1020. The zero-order valence-corrected chi connectivity index (χ0v) is 22.4. The monoisotopic (exact) mass is 503 g/mol. The Morgan fingerprint density at radius 1 is 1.29 bits per heavy atom. The van der Waals surface area contributed by atoms with Gasteiger partial charge in [0.25, 0.3) is 0 Å². The zero-order chi connectivity index (χ0) is 25.6. The van der Waals surface area contributed by atoms with Crippen LogP contribution in [-0.4, -0.2) is 57.0 Å². The lowest BCUT2D eigenvalue weighted by Crippen LogP contribution is -2.43. The molecule has 1 aliphatic rings. The molecule has 0 bridgehead atoms. The van der Waals surface area contributed by atoms with Crippen molar-refractivity contribution in [1.82, 2.24) is 19.9 Å². The number of nitrogens with zero attached hydrogens (tertiary/aromatic N) is 4. The van der Waals surface area contributed by atoms with Crippen LogP contribution in [-0.2, 0) is 16.0 Å². The number of rotatable bonds is 11. The van der Waals surface area contributed by atoms with Crippen LogP contribution in [0.5, 0.6) is 5.88 Å². The van der Waals surface area contributed by atoms with Gasteiger partial charge in [0.05, 0.1) is 12.6 Å². The minimum Gasteiger partial charge on any atom is -0.478 e. The highest BCUT2D eigenvalue weighted by Crippen LogP contribution is 2.40. The number of aromatic nitrogens is 3. The predicted octanol–water partition coefficient (Wildman–Crippen LogP) is 5.49. The molecular weight excluding hydrogens is 466 g/mol. The van der Waals surface area contributed by atoms with Crippen molar-refractivity contribution in [1.29, 1.82) is 0 Å². The molecule has 2 aromatic heterocycles. The van der Waals surface area contributed by atoms with Gasteiger partial charge in [-0.25, -0.2) is 14.8 Å². The van der Waals surface area contributed by atoms with Crippen LogP contribution in [0.4, 0.5) is 15.7 Å². The van der Waals surface area contributed by atoms with Crippen LogP contribution in [0.3, 0.4) is 0 Å². The number of ether oxygens (including phenoxy) is 2. The van der Waals surface area contributed by atoms with Gasteiger partial charge in [0.1, 0.15) is 17.2 Å². The van der Waals surface area contributed by atoms with E-state index in [2.05, 4.69) is 20.3 Å². The number of carbonyl (C=O) groups is 2. The Kier molecular flexibility index (Phi) is 9.04. The molecule has 0 unspecified atom stereocenters. The van der Waals surface area contributed by atoms with Gasteiger partial charge in [-0.05, 0) is 52.9 Å². The number of ketones is 1. The molecule has 1 atom stereocenters. The number of likely N-dealkylation sites (N-methyl/N-ethyl adjacent to an activating group) is 1. The second kappa shape index (κ2) is 11.8. The molecule has 2 aromatic rings. The third-order valence-corrected chi connectivity index (χ3v) is 6.95. The third-order valence-electron chi connectivity index (χ3n) is 5.88. The van der Waals surface area contributed by atoms with Gasteiger partial charge in [0.15, 0.2) is 10.9 Å². The van der Waals surface area contributed by atoms with Crippen LogP contribution >= 0.6 is 11.3 Å².